The molecule has 5 nitrogen and oxygen atoms in total. The first-order valence-corrected chi connectivity index (χ1v) is 5.12. The smallest absolute Gasteiger partial charge is 0.257 e. The van der Waals surface area contributed by atoms with E-state index in [2.05, 4.69) is 30.7 Å². The molecule has 0 fully saturated rings. The predicted octanol–water partition coefficient (Wildman–Crippen LogP) is 2.26. The van der Waals surface area contributed by atoms with Gasteiger partial charge < -0.3 is 0 Å². The van der Waals surface area contributed by atoms with Crippen molar-refractivity contribution < 1.29 is 4.79 Å². The number of hydrogen-bond acceptors (Lipinski definition) is 3. The van der Waals surface area contributed by atoms with E-state index in [1.165, 1.54) is 21.8 Å². The van der Waals surface area contributed by atoms with Crippen molar-refractivity contribution in [2.24, 2.45) is 5.92 Å². The number of nitrogens with zero attached hydrogens (tertiary/aromatic N) is 4. The fraction of sp³-hybridized carbons (Fsp3) is 0.364. The van der Waals surface area contributed by atoms with Crippen molar-refractivity contribution in [3.63, 3.8) is 0 Å². The molecule has 0 saturated carbocycles. The molecular weight excluding hydrogens is 204 g/mol. The van der Waals surface area contributed by atoms with Crippen LogP contribution in [0, 0.1) is 5.92 Å². The highest BCUT2D eigenvalue weighted by Crippen LogP contribution is 1.92. The van der Waals surface area contributed by atoms with Crippen molar-refractivity contribution in [3.05, 3.63) is 37.4 Å². The van der Waals surface area contributed by atoms with Crippen molar-refractivity contribution in [2.45, 2.75) is 20.8 Å². The molecule has 0 amide bonds. The van der Waals surface area contributed by atoms with Gasteiger partial charge in [-0.3, -0.25) is 9.13 Å². The molecular formula is C11H16N4O. The number of imidazole rings is 2. The Morgan fingerprint density at radius 3 is 1.62 bits per heavy atom. The van der Waals surface area contributed by atoms with Gasteiger partial charge >= 0.3 is 6.03 Å². The van der Waals surface area contributed by atoms with Crippen LogP contribution in [-0.4, -0.2) is 25.1 Å². The molecule has 2 aromatic rings. The molecule has 0 radical (unpaired) electrons. The number of hydrogen-bond donors (Lipinski definition) is 0. The first-order valence-electron chi connectivity index (χ1n) is 5.12. The van der Waals surface area contributed by atoms with Gasteiger partial charge in [-0.05, 0) is 5.92 Å². The molecule has 0 aliphatic heterocycles. The summed E-state index contributed by atoms with van der Waals surface area (Å²) >= 11 is 0. The number of carbonyl (C=O) groups excluding carboxylic acids is 1. The maximum absolute atomic E-state index is 11.4. The third-order valence-corrected chi connectivity index (χ3v) is 1.45. The van der Waals surface area contributed by atoms with Crippen molar-refractivity contribution in [1.29, 1.82) is 0 Å². The van der Waals surface area contributed by atoms with Crippen molar-refractivity contribution in [3.8, 4) is 0 Å². The molecule has 2 rings (SSSR count). The minimum absolute atomic E-state index is 0.190. The molecule has 0 atom stereocenters. The summed E-state index contributed by atoms with van der Waals surface area (Å²) in [5, 5.41) is 0. The Balaban J connectivity index is 0.000000280. The summed E-state index contributed by atoms with van der Waals surface area (Å²) in [7, 11) is 0. The highest BCUT2D eigenvalue weighted by Gasteiger charge is 2.03. The van der Waals surface area contributed by atoms with E-state index in [0.717, 1.165) is 5.92 Å². The van der Waals surface area contributed by atoms with Crippen LogP contribution in [0.4, 0.5) is 4.79 Å². The van der Waals surface area contributed by atoms with Gasteiger partial charge in [0, 0.05) is 24.8 Å². The molecule has 16 heavy (non-hydrogen) atoms. The molecule has 0 aromatic carbocycles. The normalized spacial score (nSPS) is 9.75. The molecule has 2 aromatic heterocycles. The van der Waals surface area contributed by atoms with E-state index < -0.39 is 0 Å². The van der Waals surface area contributed by atoms with Gasteiger partial charge in [0.25, 0.3) is 0 Å². The predicted molar refractivity (Wildman–Crippen MR) is 61.2 cm³/mol. The van der Waals surface area contributed by atoms with Crippen LogP contribution in [0.1, 0.15) is 20.8 Å². The molecule has 0 aliphatic carbocycles. The fourth-order valence-electron chi connectivity index (χ4n) is 0.878. The topological polar surface area (TPSA) is 52.7 Å². The monoisotopic (exact) mass is 220 g/mol. The van der Waals surface area contributed by atoms with Gasteiger partial charge in [0.1, 0.15) is 12.7 Å². The second-order valence-electron chi connectivity index (χ2n) is 3.95. The highest BCUT2D eigenvalue weighted by atomic mass is 16.2. The Hall–Kier alpha value is -1.91. The Morgan fingerprint density at radius 1 is 1.00 bits per heavy atom. The maximum atomic E-state index is 11.4. The van der Waals surface area contributed by atoms with Crippen LogP contribution in [0.5, 0.6) is 0 Å². The van der Waals surface area contributed by atoms with Crippen LogP contribution in [0.15, 0.2) is 37.4 Å². The van der Waals surface area contributed by atoms with Gasteiger partial charge in [-0.1, -0.05) is 20.8 Å². The summed E-state index contributed by atoms with van der Waals surface area (Å²) < 4.78 is 2.75. The first kappa shape index (κ1) is 12.2. The van der Waals surface area contributed by atoms with E-state index in [9.17, 15) is 4.79 Å². The second-order valence-corrected chi connectivity index (χ2v) is 3.95. The van der Waals surface area contributed by atoms with Crippen molar-refractivity contribution >= 4 is 6.03 Å². The Morgan fingerprint density at radius 2 is 1.38 bits per heavy atom. The average Bonchev–Trinajstić information content (AvgIpc) is 2.90. The van der Waals surface area contributed by atoms with Crippen molar-refractivity contribution in [1.82, 2.24) is 19.1 Å². The number of aromatic nitrogens is 4. The van der Waals surface area contributed by atoms with E-state index in [0.29, 0.717) is 0 Å². The average molecular weight is 220 g/mol. The summed E-state index contributed by atoms with van der Waals surface area (Å²) in [6.45, 7) is 6.50. The van der Waals surface area contributed by atoms with Gasteiger partial charge in [0.15, 0.2) is 0 Å². The molecule has 0 N–H and O–H groups in total. The first-order chi connectivity index (χ1) is 7.61. The summed E-state index contributed by atoms with van der Waals surface area (Å²) in [5.41, 5.74) is 0. The molecule has 0 spiro atoms. The standard InChI is InChI=1S/C7H6N4O.C4H10/c12-7(10-3-1-8-5-10)11-4-2-9-6-11;1-4(2)3/h1-6H;4H,1-3H3. The largest absolute Gasteiger partial charge is 0.338 e. The van der Waals surface area contributed by atoms with Gasteiger partial charge in [-0.2, -0.15) is 0 Å². The number of rotatable bonds is 0. The third kappa shape index (κ3) is 3.68. The SMILES string of the molecule is CC(C)C.O=C(n1ccnc1)n1ccnc1. The third-order valence-electron chi connectivity index (χ3n) is 1.45. The lowest BCUT2D eigenvalue weighted by Crippen LogP contribution is -2.15. The Kier molecular flexibility index (Phi) is 4.44. The summed E-state index contributed by atoms with van der Waals surface area (Å²) in [5.74, 6) is 0.833. The zero-order valence-electron chi connectivity index (χ0n) is 9.74. The van der Waals surface area contributed by atoms with Crippen LogP contribution >= 0.6 is 0 Å². The summed E-state index contributed by atoms with van der Waals surface area (Å²) in [4.78, 5) is 18.9. The Labute approximate surface area is 94.8 Å². The van der Waals surface area contributed by atoms with Crippen LogP contribution < -0.4 is 0 Å². The van der Waals surface area contributed by atoms with Crippen LogP contribution in [0.2, 0.25) is 0 Å². The lowest BCUT2D eigenvalue weighted by atomic mass is 10.3. The van der Waals surface area contributed by atoms with Gasteiger partial charge in [0.05, 0.1) is 0 Å². The van der Waals surface area contributed by atoms with Gasteiger partial charge in [-0.15, -0.1) is 0 Å². The summed E-state index contributed by atoms with van der Waals surface area (Å²) in [6, 6.07) is -0.190. The maximum Gasteiger partial charge on any atom is 0.338 e. The zero-order valence-corrected chi connectivity index (χ0v) is 9.74. The highest BCUT2D eigenvalue weighted by molar-refractivity contribution is 5.78. The number of carbonyl (C=O) groups is 1. The van der Waals surface area contributed by atoms with Crippen LogP contribution in [0.3, 0.4) is 0 Å². The van der Waals surface area contributed by atoms with E-state index in [1.807, 2.05) is 0 Å². The van der Waals surface area contributed by atoms with Crippen molar-refractivity contribution in [2.75, 3.05) is 0 Å². The zero-order chi connectivity index (χ0) is 12.0. The van der Waals surface area contributed by atoms with Crippen LogP contribution in [-0.2, 0) is 0 Å². The molecule has 0 aliphatic rings. The van der Waals surface area contributed by atoms with Gasteiger partial charge in [0.2, 0.25) is 0 Å². The van der Waals surface area contributed by atoms with Gasteiger partial charge in [-0.25, -0.2) is 14.8 Å². The fourth-order valence-corrected chi connectivity index (χ4v) is 0.878. The lowest BCUT2D eigenvalue weighted by molar-refractivity contribution is 0.244. The lowest BCUT2D eigenvalue weighted by Gasteiger charge is -1.98. The van der Waals surface area contributed by atoms with E-state index in [1.54, 1.807) is 24.8 Å². The van der Waals surface area contributed by atoms with E-state index >= 15 is 0 Å². The molecule has 0 saturated heterocycles. The molecule has 5 heteroatoms. The minimum Gasteiger partial charge on any atom is -0.257 e. The minimum atomic E-state index is -0.190. The summed E-state index contributed by atoms with van der Waals surface area (Å²) in [6.07, 6.45) is 9.17. The molecule has 86 valence electrons. The quantitative estimate of drug-likeness (QED) is 0.684. The van der Waals surface area contributed by atoms with Crippen LogP contribution in [0.25, 0.3) is 0 Å². The molecule has 2 heterocycles. The Bertz CT molecular complexity index is 364. The molecule has 0 bridgehead atoms. The van der Waals surface area contributed by atoms with E-state index in [4.69, 9.17) is 0 Å². The molecule has 0 unspecified atom stereocenters. The van der Waals surface area contributed by atoms with E-state index in [-0.39, 0.29) is 6.03 Å². The second kappa shape index (κ2) is 5.85.